The van der Waals surface area contributed by atoms with Gasteiger partial charge in [-0.3, -0.25) is 0 Å². The Labute approximate surface area is 110 Å². The van der Waals surface area contributed by atoms with Crippen molar-refractivity contribution in [2.24, 2.45) is 11.7 Å². The Morgan fingerprint density at radius 1 is 1.33 bits per heavy atom. The smallest absolute Gasteiger partial charge is 0.0468 e. The third-order valence-corrected chi connectivity index (χ3v) is 3.74. The van der Waals surface area contributed by atoms with E-state index in [1.54, 1.807) is 0 Å². The lowest BCUT2D eigenvalue weighted by Crippen LogP contribution is -2.21. The molecular weight excluding hydrogens is 224 g/mol. The molecule has 1 fully saturated rings. The molecule has 0 saturated carbocycles. The van der Waals surface area contributed by atoms with Crippen LogP contribution < -0.4 is 10.6 Å². The van der Waals surface area contributed by atoms with Gasteiger partial charge < -0.3 is 15.4 Å². The highest BCUT2D eigenvalue weighted by Crippen LogP contribution is 2.27. The summed E-state index contributed by atoms with van der Waals surface area (Å²) in [5.41, 5.74) is 8.80. The largest absolute Gasteiger partial charge is 0.381 e. The van der Waals surface area contributed by atoms with Crippen LogP contribution in [-0.4, -0.2) is 27.3 Å². The molecule has 100 valence electrons. The molecule has 1 aliphatic heterocycles. The van der Waals surface area contributed by atoms with Gasteiger partial charge in [0.15, 0.2) is 0 Å². The van der Waals surface area contributed by atoms with Crippen molar-refractivity contribution in [1.29, 1.82) is 0 Å². The molecule has 1 aliphatic rings. The molecule has 0 spiro atoms. The number of anilines is 1. The molecule has 2 rings (SSSR count). The number of ether oxygens (including phenoxy) is 1. The van der Waals surface area contributed by atoms with Gasteiger partial charge in [0.2, 0.25) is 0 Å². The van der Waals surface area contributed by atoms with Gasteiger partial charge in [-0.15, -0.1) is 0 Å². The topological polar surface area (TPSA) is 38.5 Å². The van der Waals surface area contributed by atoms with Crippen molar-refractivity contribution in [2.45, 2.75) is 25.3 Å². The molecule has 1 saturated heterocycles. The van der Waals surface area contributed by atoms with Gasteiger partial charge in [0, 0.05) is 39.0 Å². The molecule has 3 heteroatoms. The van der Waals surface area contributed by atoms with E-state index in [-0.39, 0.29) is 6.04 Å². The van der Waals surface area contributed by atoms with E-state index in [1.165, 1.54) is 11.3 Å². The summed E-state index contributed by atoms with van der Waals surface area (Å²) in [6.07, 6.45) is 3.38. The number of benzene rings is 1. The van der Waals surface area contributed by atoms with Crippen molar-refractivity contribution >= 4 is 5.69 Å². The van der Waals surface area contributed by atoms with Gasteiger partial charge in [-0.2, -0.15) is 0 Å². The zero-order valence-electron chi connectivity index (χ0n) is 11.4. The van der Waals surface area contributed by atoms with Crippen LogP contribution in [0.5, 0.6) is 0 Å². The molecule has 0 radical (unpaired) electrons. The fraction of sp³-hybridized carbons (Fsp3) is 0.600. The predicted molar refractivity (Wildman–Crippen MR) is 75.9 cm³/mol. The molecule has 0 aromatic heterocycles. The quantitative estimate of drug-likeness (QED) is 0.890. The summed E-state index contributed by atoms with van der Waals surface area (Å²) in [6, 6.07) is 8.69. The number of nitrogens with two attached hydrogens (primary N) is 1. The third-order valence-electron chi connectivity index (χ3n) is 3.74. The fourth-order valence-electron chi connectivity index (χ4n) is 2.51. The normalized spacial score (nSPS) is 18.6. The Balaban J connectivity index is 1.99. The van der Waals surface area contributed by atoms with E-state index in [4.69, 9.17) is 10.5 Å². The second-order valence-corrected chi connectivity index (χ2v) is 5.39. The lowest BCUT2D eigenvalue weighted by atomic mass is 9.90. The van der Waals surface area contributed by atoms with Crippen LogP contribution in [0.2, 0.25) is 0 Å². The maximum absolute atomic E-state index is 6.34. The summed E-state index contributed by atoms with van der Waals surface area (Å²) in [4.78, 5) is 2.12. The Bertz CT molecular complexity index is 373. The molecule has 1 aromatic carbocycles. The molecular formula is C15H24N2O. The zero-order valence-corrected chi connectivity index (χ0v) is 11.4. The van der Waals surface area contributed by atoms with E-state index >= 15 is 0 Å². The molecule has 2 N–H and O–H groups in total. The van der Waals surface area contributed by atoms with Crippen LogP contribution in [0.1, 0.15) is 30.9 Å². The standard InChI is InChI=1S/C15H24N2O/c1-17(2)14-5-3-4-13(11-14)15(16)10-12-6-8-18-9-7-12/h3-5,11-12,15H,6-10,16H2,1-2H3. The van der Waals surface area contributed by atoms with Crippen molar-refractivity contribution < 1.29 is 4.74 Å². The molecule has 1 aromatic rings. The van der Waals surface area contributed by atoms with Crippen LogP contribution in [0, 0.1) is 5.92 Å². The number of hydrogen-bond acceptors (Lipinski definition) is 3. The Morgan fingerprint density at radius 2 is 2.06 bits per heavy atom. The van der Waals surface area contributed by atoms with Crippen LogP contribution in [0.3, 0.4) is 0 Å². The summed E-state index contributed by atoms with van der Waals surface area (Å²) in [5, 5.41) is 0. The molecule has 1 unspecified atom stereocenters. The number of rotatable bonds is 4. The van der Waals surface area contributed by atoms with Crippen LogP contribution in [0.25, 0.3) is 0 Å². The molecule has 1 heterocycles. The van der Waals surface area contributed by atoms with Crippen molar-refractivity contribution in [3.05, 3.63) is 29.8 Å². The lowest BCUT2D eigenvalue weighted by Gasteiger charge is -2.25. The Hall–Kier alpha value is -1.06. The monoisotopic (exact) mass is 248 g/mol. The first-order valence-corrected chi connectivity index (χ1v) is 6.77. The molecule has 1 atom stereocenters. The summed E-state index contributed by atoms with van der Waals surface area (Å²) in [5.74, 6) is 0.719. The van der Waals surface area contributed by atoms with Crippen LogP contribution in [0.15, 0.2) is 24.3 Å². The first-order chi connectivity index (χ1) is 8.66. The average Bonchev–Trinajstić information content (AvgIpc) is 2.40. The Kier molecular flexibility index (Phi) is 4.61. The maximum atomic E-state index is 6.34. The maximum Gasteiger partial charge on any atom is 0.0468 e. The van der Waals surface area contributed by atoms with Crippen molar-refractivity contribution in [1.82, 2.24) is 0 Å². The van der Waals surface area contributed by atoms with Gasteiger partial charge in [-0.05, 0) is 42.9 Å². The third kappa shape index (κ3) is 3.47. The van der Waals surface area contributed by atoms with E-state index in [0.717, 1.165) is 38.4 Å². The van der Waals surface area contributed by atoms with Crippen molar-refractivity contribution in [3.8, 4) is 0 Å². The minimum absolute atomic E-state index is 0.146. The second kappa shape index (κ2) is 6.21. The summed E-state index contributed by atoms with van der Waals surface area (Å²) >= 11 is 0. The number of hydrogen-bond donors (Lipinski definition) is 1. The first-order valence-electron chi connectivity index (χ1n) is 6.77. The first kappa shape index (κ1) is 13.4. The van der Waals surface area contributed by atoms with E-state index in [2.05, 4.69) is 43.3 Å². The molecule has 3 nitrogen and oxygen atoms in total. The minimum Gasteiger partial charge on any atom is -0.381 e. The highest BCUT2D eigenvalue weighted by Gasteiger charge is 2.18. The van der Waals surface area contributed by atoms with Crippen LogP contribution >= 0.6 is 0 Å². The zero-order chi connectivity index (χ0) is 13.0. The van der Waals surface area contributed by atoms with Crippen molar-refractivity contribution in [3.63, 3.8) is 0 Å². The molecule has 0 aliphatic carbocycles. The summed E-state index contributed by atoms with van der Waals surface area (Å²) in [6.45, 7) is 1.80. The SMILES string of the molecule is CN(C)c1cccc(C(N)CC2CCOCC2)c1. The van der Waals surface area contributed by atoms with E-state index in [0.29, 0.717) is 0 Å². The number of nitrogens with zero attached hydrogens (tertiary/aromatic N) is 1. The second-order valence-electron chi connectivity index (χ2n) is 5.39. The predicted octanol–water partition coefficient (Wildman–Crippen LogP) is 2.57. The summed E-state index contributed by atoms with van der Waals surface area (Å²) in [7, 11) is 4.12. The fourth-order valence-corrected chi connectivity index (χ4v) is 2.51. The average molecular weight is 248 g/mol. The van der Waals surface area contributed by atoms with Gasteiger partial charge in [0.1, 0.15) is 0 Å². The molecule has 18 heavy (non-hydrogen) atoms. The van der Waals surface area contributed by atoms with E-state index in [9.17, 15) is 0 Å². The van der Waals surface area contributed by atoms with Gasteiger partial charge in [0.05, 0.1) is 0 Å². The lowest BCUT2D eigenvalue weighted by molar-refractivity contribution is 0.0618. The Morgan fingerprint density at radius 3 is 2.72 bits per heavy atom. The van der Waals surface area contributed by atoms with Crippen LogP contribution in [-0.2, 0) is 4.74 Å². The van der Waals surface area contributed by atoms with Crippen LogP contribution in [0.4, 0.5) is 5.69 Å². The van der Waals surface area contributed by atoms with Gasteiger partial charge in [-0.1, -0.05) is 12.1 Å². The highest BCUT2D eigenvalue weighted by atomic mass is 16.5. The highest BCUT2D eigenvalue weighted by molar-refractivity contribution is 5.47. The minimum atomic E-state index is 0.146. The van der Waals surface area contributed by atoms with Gasteiger partial charge in [0.25, 0.3) is 0 Å². The molecule has 0 amide bonds. The van der Waals surface area contributed by atoms with Gasteiger partial charge >= 0.3 is 0 Å². The van der Waals surface area contributed by atoms with E-state index in [1.807, 2.05) is 0 Å². The van der Waals surface area contributed by atoms with E-state index < -0.39 is 0 Å². The summed E-state index contributed by atoms with van der Waals surface area (Å²) < 4.78 is 5.39. The van der Waals surface area contributed by atoms with Gasteiger partial charge in [-0.25, -0.2) is 0 Å². The van der Waals surface area contributed by atoms with Crippen molar-refractivity contribution in [2.75, 3.05) is 32.2 Å². The molecule has 0 bridgehead atoms.